The molecule has 2 nitrogen and oxygen atoms in total. The van der Waals surface area contributed by atoms with E-state index < -0.39 is 11.6 Å². The molecule has 1 saturated carbocycles. The Kier molecular flexibility index (Phi) is 1.51. The van der Waals surface area contributed by atoms with Crippen LogP contribution in [0.5, 0.6) is 0 Å². The van der Waals surface area contributed by atoms with Gasteiger partial charge in [-0.25, -0.2) is 4.39 Å². The van der Waals surface area contributed by atoms with Crippen molar-refractivity contribution < 1.29 is 8.81 Å². The zero-order valence-corrected chi connectivity index (χ0v) is 6.96. The monoisotopic (exact) mass is 169 g/mol. The number of alkyl halides is 1. The topological polar surface area (TPSA) is 39.2 Å². The van der Waals surface area contributed by atoms with Gasteiger partial charge in [0.15, 0.2) is 0 Å². The molecule has 0 spiro atoms. The highest BCUT2D eigenvalue weighted by Gasteiger charge is 2.56. The molecule has 3 heteroatoms. The molecule has 1 fully saturated rings. The van der Waals surface area contributed by atoms with Crippen molar-refractivity contribution in [1.29, 1.82) is 0 Å². The Morgan fingerprint density at radius 3 is 2.92 bits per heavy atom. The van der Waals surface area contributed by atoms with E-state index in [4.69, 9.17) is 10.2 Å². The van der Waals surface area contributed by atoms with Gasteiger partial charge in [-0.3, -0.25) is 0 Å². The minimum absolute atomic E-state index is 0.303. The highest BCUT2D eigenvalue weighted by atomic mass is 19.1. The van der Waals surface area contributed by atoms with Crippen molar-refractivity contribution in [3.05, 3.63) is 24.2 Å². The van der Waals surface area contributed by atoms with E-state index in [1.165, 1.54) is 0 Å². The summed E-state index contributed by atoms with van der Waals surface area (Å²) in [4.78, 5) is 0. The first-order valence-corrected chi connectivity index (χ1v) is 4.07. The number of hydrogen-bond acceptors (Lipinski definition) is 2. The largest absolute Gasteiger partial charge is 0.468 e. The molecule has 1 aromatic rings. The molecule has 3 unspecified atom stereocenters. The first-order valence-electron chi connectivity index (χ1n) is 4.07. The van der Waals surface area contributed by atoms with Gasteiger partial charge in [0.1, 0.15) is 11.9 Å². The number of hydrogen-bond donors (Lipinski definition) is 1. The van der Waals surface area contributed by atoms with Crippen LogP contribution >= 0.6 is 0 Å². The summed E-state index contributed by atoms with van der Waals surface area (Å²) in [5.41, 5.74) is 5.44. The molecule has 12 heavy (non-hydrogen) atoms. The minimum Gasteiger partial charge on any atom is -0.468 e. The van der Waals surface area contributed by atoms with Gasteiger partial charge in [0, 0.05) is 5.41 Å². The van der Waals surface area contributed by atoms with Gasteiger partial charge in [-0.2, -0.15) is 0 Å². The van der Waals surface area contributed by atoms with Gasteiger partial charge in [-0.1, -0.05) is 6.92 Å². The van der Waals surface area contributed by atoms with Gasteiger partial charge in [0.05, 0.1) is 12.3 Å². The summed E-state index contributed by atoms with van der Waals surface area (Å²) >= 11 is 0. The summed E-state index contributed by atoms with van der Waals surface area (Å²) in [6.45, 7) is 1.85. The van der Waals surface area contributed by atoms with Crippen LogP contribution in [0.4, 0.5) is 4.39 Å². The molecule has 1 aromatic heterocycles. The fraction of sp³-hybridized carbons (Fsp3) is 0.556. The standard InChI is InChI=1S/C9H12FNO/c1-9(5-7(9)10)8(11)6-3-2-4-12-6/h2-4,7-8H,5,11H2,1H3. The van der Waals surface area contributed by atoms with E-state index in [9.17, 15) is 4.39 Å². The summed E-state index contributed by atoms with van der Waals surface area (Å²) in [7, 11) is 0. The average Bonchev–Trinajstić information content (AvgIpc) is 2.59. The Morgan fingerprint density at radius 2 is 2.50 bits per heavy atom. The number of rotatable bonds is 2. The summed E-state index contributed by atoms with van der Waals surface area (Å²) in [5, 5.41) is 0. The maximum atomic E-state index is 12.9. The van der Waals surface area contributed by atoms with Crippen LogP contribution in [0.2, 0.25) is 0 Å². The molecule has 1 aliphatic carbocycles. The molecule has 0 aliphatic heterocycles. The molecule has 1 heterocycles. The maximum absolute atomic E-state index is 12.9. The fourth-order valence-corrected chi connectivity index (χ4v) is 1.44. The molecule has 3 atom stereocenters. The molecule has 2 rings (SSSR count). The lowest BCUT2D eigenvalue weighted by atomic mass is 9.97. The van der Waals surface area contributed by atoms with Gasteiger partial charge in [0.25, 0.3) is 0 Å². The third-order valence-corrected chi connectivity index (χ3v) is 2.73. The van der Waals surface area contributed by atoms with E-state index >= 15 is 0 Å². The van der Waals surface area contributed by atoms with E-state index in [1.54, 1.807) is 18.4 Å². The molecule has 1 aliphatic rings. The smallest absolute Gasteiger partial charge is 0.121 e. The second-order valence-corrected chi connectivity index (χ2v) is 3.67. The average molecular weight is 169 g/mol. The third-order valence-electron chi connectivity index (χ3n) is 2.73. The van der Waals surface area contributed by atoms with Crippen LogP contribution in [0.1, 0.15) is 25.1 Å². The Hall–Kier alpha value is -0.830. The van der Waals surface area contributed by atoms with E-state index in [0.29, 0.717) is 12.2 Å². The van der Waals surface area contributed by atoms with Crippen LogP contribution in [-0.4, -0.2) is 6.17 Å². The van der Waals surface area contributed by atoms with Crippen LogP contribution in [0, 0.1) is 5.41 Å². The zero-order chi connectivity index (χ0) is 8.77. The van der Waals surface area contributed by atoms with Gasteiger partial charge in [0.2, 0.25) is 0 Å². The fourth-order valence-electron chi connectivity index (χ4n) is 1.44. The molecule has 66 valence electrons. The number of nitrogens with two attached hydrogens (primary N) is 1. The minimum atomic E-state index is -0.766. The molecule has 0 bridgehead atoms. The van der Waals surface area contributed by atoms with Crippen molar-refractivity contribution in [3.8, 4) is 0 Å². The van der Waals surface area contributed by atoms with Crippen LogP contribution in [0.25, 0.3) is 0 Å². The number of halogens is 1. The maximum Gasteiger partial charge on any atom is 0.121 e. The molecule has 0 radical (unpaired) electrons. The van der Waals surface area contributed by atoms with Gasteiger partial charge in [-0.05, 0) is 18.6 Å². The van der Waals surface area contributed by atoms with Crippen molar-refractivity contribution in [2.24, 2.45) is 11.1 Å². The summed E-state index contributed by atoms with van der Waals surface area (Å²) in [6, 6.07) is 3.26. The highest BCUT2D eigenvalue weighted by Crippen LogP contribution is 2.55. The van der Waals surface area contributed by atoms with Crippen LogP contribution in [0.3, 0.4) is 0 Å². The SMILES string of the molecule is CC1(C(N)c2ccco2)CC1F. The van der Waals surface area contributed by atoms with E-state index in [1.807, 2.05) is 6.92 Å². The lowest BCUT2D eigenvalue weighted by molar-refractivity contribution is 0.301. The quantitative estimate of drug-likeness (QED) is 0.735. The van der Waals surface area contributed by atoms with Crippen molar-refractivity contribution in [2.45, 2.75) is 25.6 Å². The van der Waals surface area contributed by atoms with E-state index in [-0.39, 0.29) is 6.04 Å². The first-order chi connectivity index (χ1) is 5.64. The Balaban J connectivity index is 2.17. The molecule has 2 N–H and O–H groups in total. The molecule has 0 aromatic carbocycles. The third kappa shape index (κ3) is 0.966. The highest BCUT2D eigenvalue weighted by molar-refractivity contribution is 5.16. The summed E-state index contributed by atoms with van der Waals surface area (Å²) in [5.74, 6) is 0.678. The van der Waals surface area contributed by atoms with Crippen molar-refractivity contribution >= 4 is 0 Å². The van der Waals surface area contributed by atoms with Gasteiger partial charge >= 0.3 is 0 Å². The molecular formula is C9H12FNO. The Labute approximate surface area is 70.6 Å². The molecular weight excluding hydrogens is 157 g/mol. The lowest BCUT2D eigenvalue weighted by Crippen LogP contribution is -2.21. The summed E-state index contributed by atoms with van der Waals surface area (Å²) < 4.78 is 18.0. The molecule has 0 saturated heterocycles. The van der Waals surface area contributed by atoms with Crippen LogP contribution in [0.15, 0.2) is 22.8 Å². The Morgan fingerprint density at radius 1 is 1.83 bits per heavy atom. The van der Waals surface area contributed by atoms with Crippen molar-refractivity contribution in [3.63, 3.8) is 0 Å². The second-order valence-electron chi connectivity index (χ2n) is 3.67. The lowest BCUT2D eigenvalue weighted by Gasteiger charge is -2.15. The predicted octanol–water partition coefficient (Wildman–Crippen LogP) is 2.03. The van der Waals surface area contributed by atoms with E-state index in [2.05, 4.69) is 0 Å². The van der Waals surface area contributed by atoms with Crippen LogP contribution < -0.4 is 5.73 Å². The first kappa shape index (κ1) is 7.80. The van der Waals surface area contributed by atoms with Crippen LogP contribution in [-0.2, 0) is 0 Å². The Bertz CT molecular complexity index is 272. The normalized spacial score (nSPS) is 36.4. The number of furan rings is 1. The summed E-state index contributed by atoms with van der Waals surface area (Å²) in [6.07, 6.45) is 1.35. The molecule has 0 amide bonds. The van der Waals surface area contributed by atoms with Gasteiger partial charge in [-0.15, -0.1) is 0 Å². The second kappa shape index (κ2) is 2.33. The van der Waals surface area contributed by atoms with Gasteiger partial charge < -0.3 is 10.2 Å². The van der Waals surface area contributed by atoms with E-state index in [0.717, 1.165) is 0 Å². The predicted molar refractivity (Wildman–Crippen MR) is 43.3 cm³/mol. The van der Waals surface area contributed by atoms with Crippen molar-refractivity contribution in [1.82, 2.24) is 0 Å². The van der Waals surface area contributed by atoms with Crippen molar-refractivity contribution in [2.75, 3.05) is 0 Å². The zero-order valence-electron chi connectivity index (χ0n) is 6.96.